The summed E-state index contributed by atoms with van der Waals surface area (Å²) in [6.07, 6.45) is 2.88. The average Bonchev–Trinajstić information content (AvgIpc) is 2.64. The molecular weight excluding hydrogens is 196 g/mol. The van der Waals surface area contributed by atoms with Gasteiger partial charge in [-0.2, -0.15) is 0 Å². The van der Waals surface area contributed by atoms with E-state index in [0.29, 0.717) is 0 Å². The summed E-state index contributed by atoms with van der Waals surface area (Å²) in [5.41, 5.74) is 3.72. The number of para-hydroxylation sites is 1. The summed E-state index contributed by atoms with van der Waals surface area (Å²) in [5, 5.41) is 2.63. The molecule has 0 bridgehead atoms. The number of aryl methyl sites for hydroxylation is 2. The fourth-order valence-corrected chi connectivity index (χ4v) is 2.46. The van der Waals surface area contributed by atoms with Gasteiger partial charge in [0.15, 0.2) is 0 Å². The highest BCUT2D eigenvalue weighted by atomic mass is 15.0. The van der Waals surface area contributed by atoms with Crippen molar-refractivity contribution in [1.29, 1.82) is 0 Å². The third kappa shape index (κ3) is 1.10. The third-order valence-electron chi connectivity index (χ3n) is 3.23. The van der Waals surface area contributed by atoms with Crippen LogP contribution in [0.15, 0.2) is 36.5 Å². The number of benzene rings is 1. The number of hydrogen-bond donors (Lipinski definition) is 0. The maximum absolute atomic E-state index is 4.46. The van der Waals surface area contributed by atoms with Crippen molar-refractivity contribution in [3.63, 3.8) is 0 Å². The Balaban J connectivity index is 2.61. The molecule has 0 aliphatic heterocycles. The van der Waals surface area contributed by atoms with E-state index in [1.165, 1.54) is 27.5 Å². The van der Waals surface area contributed by atoms with Gasteiger partial charge in [-0.25, -0.2) is 0 Å². The van der Waals surface area contributed by atoms with Crippen LogP contribution in [-0.2, 0) is 13.5 Å². The highest BCUT2D eigenvalue weighted by Gasteiger charge is 2.10. The van der Waals surface area contributed by atoms with Crippen molar-refractivity contribution < 1.29 is 0 Å². The third-order valence-corrected chi connectivity index (χ3v) is 3.23. The molecule has 0 radical (unpaired) electrons. The lowest BCUT2D eigenvalue weighted by Gasteiger charge is -2.02. The first-order chi connectivity index (χ1) is 7.83. The average molecular weight is 210 g/mol. The summed E-state index contributed by atoms with van der Waals surface area (Å²) >= 11 is 0. The molecule has 0 N–H and O–H groups in total. The molecule has 0 unspecified atom stereocenters. The Kier molecular flexibility index (Phi) is 1.96. The second-order valence-electron chi connectivity index (χ2n) is 4.08. The van der Waals surface area contributed by atoms with Crippen molar-refractivity contribution in [2.75, 3.05) is 0 Å². The molecule has 0 spiro atoms. The van der Waals surface area contributed by atoms with Gasteiger partial charge in [0.25, 0.3) is 0 Å². The molecule has 80 valence electrons. The Morgan fingerprint density at radius 2 is 1.94 bits per heavy atom. The van der Waals surface area contributed by atoms with Gasteiger partial charge in [0.2, 0.25) is 0 Å². The van der Waals surface area contributed by atoms with E-state index >= 15 is 0 Å². The molecule has 2 nitrogen and oxygen atoms in total. The van der Waals surface area contributed by atoms with E-state index in [-0.39, 0.29) is 0 Å². The first kappa shape index (κ1) is 9.40. The minimum Gasteiger partial charge on any atom is -0.342 e. The van der Waals surface area contributed by atoms with Crippen molar-refractivity contribution in [2.45, 2.75) is 13.3 Å². The predicted octanol–water partition coefficient (Wildman–Crippen LogP) is 3.29. The van der Waals surface area contributed by atoms with Gasteiger partial charge in [-0.15, -0.1) is 0 Å². The van der Waals surface area contributed by atoms with Gasteiger partial charge in [0.05, 0.1) is 11.2 Å². The summed E-state index contributed by atoms with van der Waals surface area (Å²) in [6.45, 7) is 2.15. The Labute approximate surface area is 94.5 Å². The lowest BCUT2D eigenvalue weighted by Crippen LogP contribution is -1.94. The highest BCUT2D eigenvalue weighted by molar-refractivity contribution is 6.08. The fraction of sp³-hybridized carbons (Fsp3) is 0.214. The molecular formula is C14H14N2. The summed E-state index contributed by atoms with van der Waals surface area (Å²) in [7, 11) is 2.12. The molecule has 0 fully saturated rings. The van der Waals surface area contributed by atoms with E-state index in [1.807, 2.05) is 6.20 Å². The van der Waals surface area contributed by atoms with Crippen molar-refractivity contribution in [2.24, 2.45) is 7.05 Å². The zero-order chi connectivity index (χ0) is 11.1. The van der Waals surface area contributed by atoms with Crippen LogP contribution in [0, 0.1) is 0 Å². The number of pyridine rings is 1. The SMILES string of the molecule is CCc1nccc2c3ccccc3n(C)c12. The first-order valence-corrected chi connectivity index (χ1v) is 5.64. The minimum atomic E-state index is 0.974. The predicted molar refractivity (Wildman–Crippen MR) is 67.6 cm³/mol. The molecule has 1 aromatic carbocycles. The molecule has 2 heteroatoms. The maximum atomic E-state index is 4.46. The van der Waals surface area contributed by atoms with Crippen LogP contribution in [0.25, 0.3) is 21.8 Å². The second kappa shape index (κ2) is 3.34. The zero-order valence-corrected chi connectivity index (χ0v) is 9.57. The van der Waals surface area contributed by atoms with E-state index < -0.39 is 0 Å². The van der Waals surface area contributed by atoms with Gasteiger partial charge in [0, 0.05) is 29.5 Å². The van der Waals surface area contributed by atoms with Crippen molar-refractivity contribution in [3.8, 4) is 0 Å². The number of rotatable bonds is 1. The number of fused-ring (bicyclic) bond motifs is 3. The van der Waals surface area contributed by atoms with Crippen LogP contribution in [0.4, 0.5) is 0 Å². The van der Waals surface area contributed by atoms with Crippen molar-refractivity contribution >= 4 is 21.8 Å². The first-order valence-electron chi connectivity index (χ1n) is 5.64. The van der Waals surface area contributed by atoms with E-state index in [4.69, 9.17) is 0 Å². The van der Waals surface area contributed by atoms with Crippen LogP contribution < -0.4 is 0 Å². The van der Waals surface area contributed by atoms with Gasteiger partial charge in [-0.3, -0.25) is 4.98 Å². The topological polar surface area (TPSA) is 17.8 Å². The summed E-state index contributed by atoms with van der Waals surface area (Å²) in [6, 6.07) is 10.6. The van der Waals surface area contributed by atoms with Gasteiger partial charge >= 0.3 is 0 Å². The molecule has 3 rings (SSSR count). The monoisotopic (exact) mass is 210 g/mol. The lowest BCUT2D eigenvalue weighted by molar-refractivity contribution is 0.968. The van der Waals surface area contributed by atoms with Crippen LogP contribution in [0.1, 0.15) is 12.6 Å². The maximum Gasteiger partial charge on any atom is 0.0707 e. The molecule has 2 heterocycles. The number of nitrogens with zero attached hydrogens (tertiary/aromatic N) is 2. The standard InChI is InChI=1S/C14H14N2/c1-3-12-14-11(8-9-15-12)10-6-4-5-7-13(10)16(14)2/h4-9H,3H2,1-2H3. The smallest absolute Gasteiger partial charge is 0.0707 e. The van der Waals surface area contributed by atoms with E-state index in [0.717, 1.165) is 6.42 Å². The molecule has 2 aromatic heterocycles. The Morgan fingerprint density at radius 3 is 2.75 bits per heavy atom. The normalized spacial score (nSPS) is 11.4. The number of aromatic nitrogens is 2. The molecule has 0 aliphatic rings. The lowest BCUT2D eigenvalue weighted by atomic mass is 10.1. The molecule has 16 heavy (non-hydrogen) atoms. The Bertz CT molecular complexity index is 665. The minimum absolute atomic E-state index is 0.974. The van der Waals surface area contributed by atoms with Gasteiger partial charge in [-0.1, -0.05) is 25.1 Å². The molecule has 0 saturated carbocycles. The van der Waals surface area contributed by atoms with Crippen molar-refractivity contribution in [3.05, 3.63) is 42.2 Å². The Morgan fingerprint density at radius 1 is 1.12 bits per heavy atom. The fourth-order valence-electron chi connectivity index (χ4n) is 2.46. The van der Waals surface area contributed by atoms with Crippen molar-refractivity contribution in [1.82, 2.24) is 9.55 Å². The Hall–Kier alpha value is -1.83. The van der Waals surface area contributed by atoms with E-state index in [2.05, 4.69) is 53.9 Å². The summed E-state index contributed by atoms with van der Waals surface area (Å²) in [4.78, 5) is 4.46. The largest absolute Gasteiger partial charge is 0.342 e. The van der Waals surface area contributed by atoms with Crippen LogP contribution in [-0.4, -0.2) is 9.55 Å². The van der Waals surface area contributed by atoms with Gasteiger partial charge in [0.1, 0.15) is 0 Å². The van der Waals surface area contributed by atoms with E-state index in [1.54, 1.807) is 0 Å². The van der Waals surface area contributed by atoms with Crippen LogP contribution in [0.3, 0.4) is 0 Å². The summed E-state index contributed by atoms with van der Waals surface area (Å²) < 4.78 is 2.25. The molecule has 0 atom stereocenters. The molecule has 0 saturated heterocycles. The highest BCUT2D eigenvalue weighted by Crippen LogP contribution is 2.29. The van der Waals surface area contributed by atoms with Gasteiger partial charge in [-0.05, 0) is 18.6 Å². The number of hydrogen-bond acceptors (Lipinski definition) is 1. The molecule has 0 amide bonds. The van der Waals surface area contributed by atoms with Crippen LogP contribution in [0.2, 0.25) is 0 Å². The summed E-state index contributed by atoms with van der Waals surface area (Å²) in [5.74, 6) is 0. The van der Waals surface area contributed by atoms with Crippen LogP contribution >= 0.6 is 0 Å². The van der Waals surface area contributed by atoms with E-state index in [9.17, 15) is 0 Å². The van der Waals surface area contributed by atoms with Crippen LogP contribution in [0.5, 0.6) is 0 Å². The zero-order valence-electron chi connectivity index (χ0n) is 9.57. The molecule has 3 aromatic rings. The quantitative estimate of drug-likeness (QED) is 0.602. The van der Waals surface area contributed by atoms with Gasteiger partial charge < -0.3 is 4.57 Å². The molecule has 0 aliphatic carbocycles. The second-order valence-corrected chi connectivity index (χ2v) is 4.08.